The molecule has 1 atom stereocenters. The first-order valence-electron chi connectivity index (χ1n) is 6.41. The second kappa shape index (κ2) is 4.42. The molecule has 0 fully saturated rings. The second-order valence-corrected chi connectivity index (χ2v) is 5.25. The lowest BCUT2D eigenvalue weighted by Crippen LogP contribution is -2.07. The molecule has 0 bridgehead atoms. The van der Waals surface area contributed by atoms with E-state index in [0.717, 1.165) is 33.9 Å². The van der Waals surface area contributed by atoms with Crippen LogP contribution < -0.4 is 5.32 Å². The monoisotopic (exact) mass is 282 g/mol. The lowest BCUT2D eigenvalue weighted by atomic mass is 9.95. The Kier molecular flexibility index (Phi) is 2.57. The molecular formula is C15H11ClN4. The topological polar surface area (TPSA) is 50.7 Å². The zero-order chi connectivity index (χ0) is 13.5. The standard InChI is InChI=1S/C15H11ClN4/c16-9-1-2-10-12(6-18-13(10)5-9)15-11-3-4-17-7-14(11)19-8-20-15/h1-5,7-8,12,18H,6H2. The van der Waals surface area contributed by atoms with Crippen LogP contribution in [-0.4, -0.2) is 21.5 Å². The summed E-state index contributed by atoms with van der Waals surface area (Å²) in [6.45, 7) is 0.824. The van der Waals surface area contributed by atoms with Gasteiger partial charge in [0.25, 0.3) is 0 Å². The number of rotatable bonds is 1. The van der Waals surface area contributed by atoms with Crippen molar-refractivity contribution in [2.24, 2.45) is 0 Å². The highest BCUT2D eigenvalue weighted by Crippen LogP contribution is 2.38. The van der Waals surface area contributed by atoms with E-state index < -0.39 is 0 Å². The van der Waals surface area contributed by atoms with Gasteiger partial charge < -0.3 is 5.32 Å². The lowest BCUT2D eigenvalue weighted by molar-refractivity contribution is 0.865. The van der Waals surface area contributed by atoms with Crippen LogP contribution in [0.3, 0.4) is 0 Å². The summed E-state index contributed by atoms with van der Waals surface area (Å²) in [5.41, 5.74) is 4.22. The van der Waals surface area contributed by atoms with Crippen LogP contribution in [0.15, 0.2) is 43.0 Å². The van der Waals surface area contributed by atoms with Crippen LogP contribution in [0.1, 0.15) is 17.2 Å². The summed E-state index contributed by atoms with van der Waals surface area (Å²) in [6.07, 6.45) is 5.15. The van der Waals surface area contributed by atoms with Gasteiger partial charge in [-0.3, -0.25) is 4.98 Å². The first-order chi connectivity index (χ1) is 9.83. The maximum Gasteiger partial charge on any atom is 0.116 e. The Balaban J connectivity index is 1.90. The molecule has 4 nitrogen and oxygen atoms in total. The summed E-state index contributed by atoms with van der Waals surface area (Å²) in [6, 6.07) is 7.92. The molecule has 1 aliphatic heterocycles. The largest absolute Gasteiger partial charge is 0.384 e. The third kappa shape index (κ3) is 1.72. The molecule has 1 unspecified atom stereocenters. The van der Waals surface area contributed by atoms with Crippen LogP contribution in [0.5, 0.6) is 0 Å². The highest BCUT2D eigenvalue weighted by molar-refractivity contribution is 6.30. The fourth-order valence-corrected chi connectivity index (χ4v) is 2.93. The fraction of sp³-hybridized carbons (Fsp3) is 0.133. The van der Waals surface area contributed by atoms with Crippen molar-refractivity contribution in [1.82, 2.24) is 15.0 Å². The predicted molar refractivity (Wildman–Crippen MR) is 79.1 cm³/mol. The van der Waals surface area contributed by atoms with Crippen molar-refractivity contribution in [2.45, 2.75) is 5.92 Å². The van der Waals surface area contributed by atoms with Crippen LogP contribution in [0.4, 0.5) is 5.69 Å². The zero-order valence-corrected chi connectivity index (χ0v) is 11.3. The number of hydrogen-bond acceptors (Lipinski definition) is 4. The highest BCUT2D eigenvalue weighted by Gasteiger charge is 2.26. The number of fused-ring (bicyclic) bond motifs is 2. The third-order valence-corrected chi connectivity index (χ3v) is 3.92. The minimum Gasteiger partial charge on any atom is -0.384 e. The predicted octanol–water partition coefficient (Wildman–Crippen LogP) is 3.24. The molecule has 3 heterocycles. The summed E-state index contributed by atoms with van der Waals surface area (Å²) in [5.74, 6) is 0.218. The van der Waals surface area contributed by atoms with Gasteiger partial charge >= 0.3 is 0 Å². The maximum atomic E-state index is 6.04. The molecule has 0 spiro atoms. The van der Waals surface area contributed by atoms with Gasteiger partial charge in [-0.15, -0.1) is 0 Å². The molecule has 0 amide bonds. The molecule has 98 valence electrons. The normalized spacial score (nSPS) is 16.9. The van der Waals surface area contributed by atoms with E-state index in [-0.39, 0.29) is 5.92 Å². The average molecular weight is 283 g/mol. The van der Waals surface area contributed by atoms with E-state index in [1.54, 1.807) is 18.7 Å². The molecular weight excluding hydrogens is 272 g/mol. The molecule has 0 saturated heterocycles. The fourth-order valence-electron chi connectivity index (χ4n) is 2.76. The first-order valence-corrected chi connectivity index (χ1v) is 6.78. The second-order valence-electron chi connectivity index (χ2n) is 4.82. The van der Waals surface area contributed by atoms with Crippen LogP contribution in [0, 0.1) is 0 Å². The van der Waals surface area contributed by atoms with Gasteiger partial charge in [0, 0.05) is 34.8 Å². The average Bonchev–Trinajstić information content (AvgIpc) is 2.89. The zero-order valence-electron chi connectivity index (χ0n) is 10.5. The van der Waals surface area contributed by atoms with Gasteiger partial charge in [-0.1, -0.05) is 17.7 Å². The van der Waals surface area contributed by atoms with E-state index in [9.17, 15) is 0 Å². The molecule has 0 aliphatic carbocycles. The van der Waals surface area contributed by atoms with Crippen LogP contribution in [0.25, 0.3) is 10.9 Å². The number of nitrogens with one attached hydrogen (secondary N) is 1. The van der Waals surface area contributed by atoms with Crippen molar-refractivity contribution in [3.05, 3.63) is 59.3 Å². The SMILES string of the molecule is Clc1ccc2c(c1)NCC2c1ncnc2cnccc12. The van der Waals surface area contributed by atoms with Gasteiger partial charge in [0.15, 0.2) is 0 Å². The first kappa shape index (κ1) is 11.6. The van der Waals surface area contributed by atoms with Crippen LogP contribution in [-0.2, 0) is 0 Å². The molecule has 1 N–H and O–H groups in total. The van der Waals surface area contributed by atoms with Gasteiger partial charge in [-0.05, 0) is 23.8 Å². The Labute approximate surface area is 120 Å². The lowest BCUT2D eigenvalue weighted by Gasteiger charge is -2.11. The Morgan fingerprint density at radius 1 is 1.20 bits per heavy atom. The van der Waals surface area contributed by atoms with E-state index in [2.05, 4.69) is 26.3 Å². The van der Waals surface area contributed by atoms with Gasteiger partial charge in [0.1, 0.15) is 6.33 Å². The van der Waals surface area contributed by atoms with Crippen LogP contribution >= 0.6 is 11.6 Å². The van der Waals surface area contributed by atoms with Gasteiger partial charge in [0.05, 0.1) is 17.4 Å². The molecule has 5 heteroatoms. The number of benzene rings is 1. The van der Waals surface area contributed by atoms with Crippen molar-refractivity contribution in [1.29, 1.82) is 0 Å². The van der Waals surface area contributed by atoms with Crippen molar-refractivity contribution in [3.63, 3.8) is 0 Å². The summed E-state index contributed by atoms with van der Waals surface area (Å²) in [7, 11) is 0. The number of anilines is 1. The van der Waals surface area contributed by atoms with E-state index >= 15 is 0 Å². The molecule has 1 aromatic carbocycles. The summed E-state index contributed by atoms with van der Waals surface area (Å²) in [5, 5.41) is 5.19. The molecule has 3 aromatic rings. The number of halogens is 1. The van der Waals surface area contributed by atoms with E-state index in [0.29, 0.717) is 0 Å². The Bertz CT molecular complexity index is 797. The summed E-state index contributed by atoms with van der Waals surface area (Å²) >= 11 is 6.04. The van der Waals surface area contributed by atoms with Crippen molar-refractivity contribution < 1.29 is 0 Å². The van der Waals surface area contributed by atoms with E-state index in [1.807, 2.05) is 18.2 Å². The minimum absolute atomic E-state index is 0.218. The minimum atomic E-state index is 0.218. The quantitative estimate of drug-likeness (QED) is 0.744. The Morgan fingerprint density at radius 3 is 3.10 bits per heavy atom. The van der Waals surface area contributed by atoms with Crippen LogP contribution in [0.2, 0.25) is 5.02 Å². The molecule has 0 radical (unpaired) electrons. The van der Waals surface area contributed by atoms with Crippen molar-refractivity contribution in [2.75, 3.05) is 11.9 Å². The molecule has 4 rings (SSSR count). The molecule has 2 aromatic heterocycles. The number of hydrogen-bond donors (Lipinski definition) is 1. The van der Waals surface area contributed by atoms with Gasteiger partial charge in [-0.2, -0.15) is 0 Å². The molecule has 0 saturated carbocycles. The maximum absolute atomic E-state index is 6.04. The van der Waals surface area contributed by atoms with Gasteiger partial charge in [-0.25, -0.2) is 9.97 Å². The number of aromatic nitrogens is 3. The molecule has 20 heavy (non-hydrogen) atoms. The van der Waals surface area contributed by atoms with Gasteiger partial charge in [0.2, 0.25) is 0 Å². The smallest absolute Gasteiger partial charge is 0.116 e. The summed E-state index contributed by atoms with van der Waals surface area (Å²) < 4.78 is 0. The third-order valence-electron chi connectivity index (χ3n) is 3.69. The number of pyridine rings is 1. The molecule has 1 aliphatic rings. The van der Waals surface area contributed by atoms with E-state index in [4.69, 9.17) is 11.6 Å². The Morgan fingerprint density at radius 2 is 2.15 bits per heavy atom. The highest BCUT2D eigenvalue weighted by atomic mass is 35.5. The van der Waals surface area contributed by atoms with E-state index in [1.165, 1.54) is 5.56 Å². The number of nitrogens with zero attached hydrogens (tertiary/aromatic N) is 3. The van der Waals surface area contributed by atoms with Crippen molar-refractivity contribution >= 4 is 28.2 Å². The van der Waals surface area contributed by atoms with Crippen molar-refractivity contribution in [3.8, 4) is 0 Å². The Hall–Kier alpha value is -2.20. The summed E-state index contributed by atoms with van der Waals surface area (Å²) in [4.78, 5) is 12.9.